The molecule has 1 fully saturated rings. The highest BCUT2D eigenvalue weighted by Gasteiger charge is 2.31. The van der Waals surface area contributed by atoms with Crippen LogP contribution < -0.4 is 5.32 Å². The van der Waals surface area contributed by atoms with Gasteiger partial charge in [-0.3, -0.25) is 4.79 Å². The second-order valence-corrected chi connectivity index (χ2v) is 5.18. The fraction of sp³-hybridized carbons (Fsp3) is 0.667. The minimum Gasteiger partial charge on any atom is -0.388 e. The Morgan fingerprint density at radius 3 is 2.85 bits per heavy atom. The van der Waals surface area contributed by atoms with Crippen LogP contribution in [0.4, 0.5) is 5.82 Å². The van der Waals surface area contributed by atoms with Gasteiger partial charge in [-0.1, -0.05) is 12.8 Å². The molecule has 1 heterocycles. The highest BCUT2D eigenvalue weighted by atomic mass is 16.6. The van der Waals surface area contributed by atoms with Crippen molar-refractivity contribution in [3.63, 3.8) is 0 Å². The summed E-state index contributed by atoms with van der Waals surface area (Å²) in [7, 11) is 0. The maximum atomic E-state index is 11.7. The maximum absolute atomic E-state index is 11.7. The number of carbonyl (C=O) groups is 1. The molecule has 1 aliphatic carbocycles. The number of imidazole rings is 1. The average molecular weight is 282 g/mol. The first-order valence-electron chi connectivity index (χ1n) is 6.64. The molecule has 0 spiro atoms. The molecule has 8 heteroatoms. The predicted molar refractivity (Wildman–Crippen MR) is 69.9 cm³/mol. The average Bonchev–Trinajstić information content (AvgIpc) is 3.03. The summed E-state index contributed by atoms with van der Waals surface area (Å²) in [6.45, 7) is 0.598. The number of nitrogens with zero attached hydrogens (tertiary/aromatic N) is 3. The van der Waals surface area contributed by atoms with Crippen LogP contribution in [0, 0.1) is 10.1 Å². The molecule has 1 aromatic rings. The zero-order valence-electron chi connectivity index (χ0n) is 11.1. The second-order valence-electron chi connectivity index (χ2n) is 5.18. The fourth-order valence-electron chi connectivity index (χ4n) is 2.36. The van der Waals surface area contributed by atoms with Crippen LogP contribution in [-0.4, -0.2) is 37.6 Å². The summed E-state index contributed by atoms with van der Waals surface area (Å²) in [6.07, 6.45) is 6.25. The van der Waals surface area contributed by atoms with Crippen LogP contribution in [0.5, 0.6) is 0 Å². The van der Waals surface area contributed by atoms with Crippen LogP contribution in [-0.2, 0) is 11.3 Å². The summed E-state index contributed by atoms with van der Waals surface area (Å²) >= 11 is 0. The topological polar surface area (TPSA) is 110 Å². The third-order valence-corrected chi connectivity index (χ3v) is 3.55. The van der Waals surface area contributed by atoms with Crippen molar-refractivity contribution in [2.75, 3.05) is 6.54 Å². The quantitative estimate of drug-likeness (QED) is 0.586. The van der Waals surface area contributed by atoms with Crippen LogP contribution in [0.1, 0.15) is 32.1 Å². The standard InChI is InChI=1S/C12H18N4O4/c17-11(13-8-12(18)4-1-2-5-12)3-6-15-7-10(14-9-15)16(19)20/h7,9,18H,1-6,8H2,(H,13,17). The van der Waals surface area contributed by atoms with Crippen LogP contribution in [0.15, 0.2) is 12.5 Å². The molecule has 0 unspecified atom stereocenters. The molecule has 1 aromatic heterocycles. The third-order valence-electron chi connectivity index (χ3n) is 3.55. The minimum absolute atomic E-state index is 0.179. The van der Waals surface area contributed by atoms with E-state index in [1.165, 1.54) is 17.1 Å². The Morgan fingerprint density at radius 1 is 1.55 bits per heavy atom. The minimum atomic E-state index is -0.760. The van der Waals surface area contributed by atoms with Gasteiger partial charge < -0.3 is 25.1 Å². The monoisotopic (exact) mass is 282 g/mol. The Bertz CT molecular complexity index is 493. The number of hydrogen-bond acceptors (Lipinski definition) is 5. The van der Waals surface area contributed by atoms with Gasteiger partial charge in [0.05, 0.1) is 5.60 Å². The van der Waals surface area contributed by atoms with Gasteiger partial charge in [-0.25, -0.2) is 0 Å². The first-order chi connectivity index (χ1) is 9.48. The summed E-state index contributed by atoms with van der Waals surface area (Å²) in [5.74, 6) is -0.410. The van der Waals surface area contributed by atoms with Crippen molar-refractivity contribution < 1.29 is 14.8 Å². The van der Waals surface area contributed by atoms with E-state index < -0.39 is 10.5 Å². The zero-order chi connectivity index (χ0) is 14.6. The molecular formula is C12H18N4O4. The first-order valence-corrected chi connectivity index (χ1v) is 6.64. The van der Waals surface area contributed by atoms with Gasteiger partial charge in [0.1, 0.15) is 6.20 Å². The van der Waals surface area contributed by atoms with Gasteiger partial charge in [-0.2, -0.15) is 0 Å². The lowest BCUT2D eigenvalue weighted by molar-refractivity contribution is -0.389. The molecule has 0 atom stereocenters. The van der Waals surface area contributed by atoms with E-state index in [4.69, 9.17) is 0 Å². The van der Waals surface area contributed by atoms with Crippen molar-refractivity contribution in [1.82, 2.24) is 14.9 Å². The molecule has 1 amide bonds. The summed E-state index contributed by atoms with van der Waals surface area (Å²) in [6, 6.07) is 0. The first kappa shape index (κ1) is 14.4. The third kappa shape index (κ3) is 3.77. The van der Waals surface area contributed by atoms with Gasteiger partial charge in [-0.05, 0) is 22.7 Å². The van der Waals surface area contributed by atoms with Crippen molar-refractivity contribution in [1.29, 1.82) is 0 Å². The van der Waals surface area contributed by atoms with Crippen LogP contribution in [0.2, 0.25) is 0 Å². The van der Waals surface area contributed by atoms with E-state index in [1.54, 1.807) is 0 Å². The number of rotatable bonds is 6. The highest BCUT2D eigenvalue weighted by molar-refractivity contribution is 5.75. The van der Waals surface area contributed by atoms with Gasteiger partial charge in [0.15, 0.2) is 0 Å². The van der Waals surface area contributed by atoms with Gasteiger partial charge >= 0.3 is 5.82 Å². The normalized spacial score (nSPS) is 17.1. The molecule has 0 bridgehead atoms. The van der Waals surface area contributed by atoms with Gasteiger partial charge in [0.25, 0.3) is 0 Å². The lowest BCUT2D eigenvalue weighted by Crippen LogP contribution is -2.40. The van der Waals surface area contributed by atoms with Crippen molar-refractivity contribution in [3.8, 4) is 0 Å². The van der Waals surface area contributed by atoms with Gasteiger partial charge in [0.2, 0.25) is 12.2 Å². The van der Waals surface area contributed by atoms with E-state index in [2.05, 4.69) is 10.3 Å². The molecule has 8 nitrogen and oxygen atoms in total. The Hall–Kier alpha value is -1.96. The van der Waals surface area contributed by atoms with E-state index in [0.717, 1.165) is 25.7 Å². The summed E-state index contributed by atoms with van der Waals surface area (Å²) < 4.78 is 1.50. The summed E-state index contributed by atoms with van der Waals surface area (Å²) in [5.41, 5.74) is -0.760. The molecule has 0 aromatic carbocycles. The molecule has 0 aliphatic heterocycles. The largest absolute Gasteiger partial charge is 0.388 e. The number of carbonyl (C=O) groups excluding carboxylic acids is 1. The zero-order valence-corrected chi connectivity index (χ0v) is 11.1. The predicted octanol–water partition coefficient (Wildman–Crippen LogP) is 0.603. The summed E-state index contributed by atoms with van der Waals surface area (Å²) in [4.78, 5) is 25.2. The van der Waals surface area contributed by atoms with Gasteiger partial charge in [-0.15, -0.1) is 0 Å². The van der Waals surface area contributed by atoms with Crippen LogP contribution >= 0.6 is 0 Å². The van der Waals surface area contributed by atoms with Crippen molar-refractivity contribution >= 4 is 11.7 Å². The Labute approximate surface area is 116 Å². The molecule has 2 N–H and O–H groups in total. The lowest BCUT2D eigenvalue weighted by Gasteiger charge is -2.22. The molecule has 1 aliphatic rings. The fourth-order valence-corrected chi connectivity index (χ4v) is 2.36. The van der Waals surface area contributed by atoms with Crippen molar-refractivity contribution in [2.24, 2.45) is 0 Å². The number of amides is 1. The molecule has 0 radical (unpaired) electrons. The van der Waals surface area contributed by atoms with Crippen molar-refractivity contribution in [2.45, 2.75) is 44.2 Å². The van der Waals surface area contributed by atoms with E-state index in [-0.39, 0.29) is 24.7 Å². The van der Waals surface area contributed by atoms with E-state index in [1.807, 2.05) is 0 Å². The smallest absolute Gasteiger partial charge is 0.381 e. The van der Waals surface area contributed by atoms with Crippen molar-refractivity contribution in [3.05, 3.63) is 22.6 Å². The maximum Gasteiger partial charge on any atom is 0.381 e. The number of aromatic nitrogens is 2. The number of aryl methyl sites for hydroxylation is 1. The number of nitrogens with one attached hydrogen (secondary N) is 1. The number of aliphatic hydroxyl groups is 1. The van der Waals surface area contributed by atoms with E-state index in [9.17, 15) is 20.0 Å². The summed E-state index contributed by atoms with van der Waals surface area (Å²) in [5, 5.41) is 23.3. The Kier molecular flexibility index (Phi) is 4.33. The Morgan fingerprint density at radius 2 is 2.25 bits per heavy atom. The van der Waals surface area contributed by atoms with Gasteiger partial charge in [0, 0.05) is 19.5 Å². The molecule has 2 rings (SSSR count). The molecular weight excluding hydrogens is 264 g/mol. The van der Waals surface area contributed by atoms with Crippen LogP contribution in [0.25, 0.3) is 0 Å². The van der Waals surface area contributed by atoms with Crippen LogP contribution in [0.3, 0.4) is 0 Å². The highest BCUT2D eigenvalue weighted by Crippen LogP contribution is 2.28. The van der Waals surface area contributed by atoms with E-state index >= 15 is 0 Å². The lowest BCUT2D eigenvalue weighted by atomic mass is 10.0. The number of hydrogen-bond donors (Lipinski definition) is 2. The molecule has 110 valence electrons. The van der Waals surface area contributed by atoms with E-state index in [0.29, 0.717) is 6.54 Å². The molecule has 20 heavy (non-hydrogen) atoms. The number of nitro groups is 1. The SMILES string of the molecule is O=C(CCn1cnc([N+](=O)[O-])c1)NCC1(O)CCCC1. The Balaban J connectivity index is 1.73. The molecule has 1 saturated carbocycles. The molecule has 0 saturated heterocycles. The second kappa shape index (κ2) is 6.00.